The van der Waals surface area contributed by atoms with Gasteiger partial charge in [0.05, 0.1) is 31.7 Å². The minimum absolute atomic E-state index is 0.0517. The van der Waals surface area contributed by atoms with E-state index in [4.69, 9.17) is 5.11 Å². The van der Waals surface area contributed by atoms with E-state index in [1.54, 1.807) is 13.8 Å². The molecule has 0 saturated carbocycles. The predicted molar refractivity (Wildman–Crippen MR) is 58.5 cm³/mol. The van der Waals surface area contributed by atoms with Crippen LogP contribution in [0.2, 0.25) is 0 Å². The number of aliphatic carboxylic acids is 1. The van der Waals surface area contributed by atoms with Gasteiger partial charge in [0.1, 0.15) is 0 Å². The van der Waals surface area contributed by atoms with Crippen molar-refractivity contribution >= 4 is 12.0 Å². The second-order valence-corrected chi connectivity index (χ2v) is 4.92. The molecule has 17 heavy (non-hydrogen) atoms. The van der Waals surface area contributed by atoms with Crippen LogP contribution >= 0.6 is 0 Å². The summed E-state index contributed by atoms with van der Waals surface area (Å²) in [4.78, 5) is 23.6. The molecule has 0 bridgehead atoms. The van der Waals surface area contributed by atoms with Crippen LogP contribution in [0.1, 0.15) is 20.3 Å². The fraction of sp³-hybridized carbons (Fsp3) is 0.800. The lowest BCUT2D eigenvalue weighted by molar-refractivity contribution is -0.138. The predicted octanol–water partition coefficient (Wildman–Crippen LogP) is -1.01. The lowest BCUT2D eigenvalue weighted by Gasteiger charge is -2.27. The van der Waals surface area contributed by atoms with Gasteiger partial charge in [-0.1, -0.05) is 0 Å². The highest BCUT2D eigenvalue weighted by Crippen LogP contribution is 2.13. The van der Waals surface area contributed by atoms with E-state index in [0.29, 0.717) is 0 Å². The van der Waals surface area contributed by atoms with Gasteiger partial charge < -0.3 is 25.5 Å². The van der Waals surface area contributed by atoms with Crippen LogP contribution in [0.4, 0.5) is 4.79 Å². The maximum absolute atomic E-state index is 11.7. The molecule has 0 aromatic rings. The fourth-order valence-corrected chi connectivity index (χ4v) is 1.73. The van der Waals surface area contributed by atoms with Crippen molar-refractivity contribution < 1.29 is 24.9 Å². The third-order valence-corrected chi connectivity index (χ3v) is 2.58. The number of carboxylic acid groups (broad SMARTS) is 1. The van der Waals surface area contributed by atoms with E-state index in [1.165, 1.54) is 4.90 Å². The second-order valence-electron chi connectivity index (χ2n) is 4.92. The van der Waals surface area contributed by atoms with E-state index in [0.717, 1.165) is 0 Å². The number of urea groups is 1. The van der Waals surface area contributed by atoms with Crippen molar-refractivity contribution in [3.05, 3.63) is 0 Å². The van der Waals surface area contributed by atoms with Crippen LogP contribution in [0.5, 0.6) is 0 Å². The number of carbonyl (C=O) groups excluding carboxylic acids is 1. The van der Waals surface area contributed by atoms with Crippen LogP contribution in [0, 0.1) is 0 Å². The molecule has 7 heteroatoms. The smallest absolute Gasteiger partial charge is 0.318 e. The van der Waals surface area contributed by atoms with Crippen molar-refractivity contribution in [1.82, 2.24) is 10.2 Å². The van der Waals surface area contributed by atoms with Gasteiger partial charge in [0.15, 0.2) is 0 Å². The van der Waals surface area contributed by atoms with Gasteiger partial charge in [-0.3, -0.25) is 4.79 Å². The molecule has 98 valence electrons. The lowest BCUT2D eigenvalue weighted by Crippen LogP contribution is -2.50. The van der Waals surface area contributed by atoms with Crippen LogP contribution in [0.25, 0.3) is 0 Å². The Labute approximate surface area is 99.0 Å². The first-order valence-corrected chi connectivity index (χ1v) is 5.36. The average Bonchev–Trinajstić information content (AvgIpc) is 2.43. The molecule has 1 aliphatic heterocycles. The van der Waals surface area contributed by atoms with E-state index in [-0.39, 0.29) is 19.5 Å². The molecule has 1 fully saturated rings. The number of amides is 2. The molecule has 1 rings (SSSR count). The number of nitrogens with one attached hydrogen (secondary N) is 1. The summed E-state index contributed by atoms with van der Waals surface area (Å²) in [7, 11) is 0. The average molecular weight is 246 g/mol. The highest BCUT2D eigenvalue weighted by atomic mass is 16.4. The summed E-state index contributed by atoms with van der Waals surface area (Å²) in [5.74, 6) is -1.00. The summed E-state index contributed by atoms with van der Waals surface area (Å²) in [5.41, 5.74) is -0.874. The van der Waals surface area contributed by atoms with Crippen LogP contribution in [-0.4, -0.2) is 63.1 Å². The van der Waals surface area contributed by atoms with Crippen molar-refractivity contribution in [1.29, 1.82) is 0 Å². The van der Waals surface area contributed by atoms with Gasteiger partial charge in [-0.2, -0.15) is 0 Å². The Morgan fingerprint density at radius 1 is 1.29 bits per heavy atom. The van der Waals surface area contributed by atoms with E-state index in [2.05, 4.69) is 5.32 Å². The molecule has 0 aliphatic carbocycles. The topological polar surface area (TPSA) is 110 Å². The molecule has 0 radical (unpaired) electrons. The monoisotopic (exact) mass is 246 g/mol. The Morgan fingerprint density at radius 2 is 1.76 bits per heavy atom. The summed E-state index contributed by atoms with van der Waals surface area (Å²) in [6, 6.07) is -0.480. The van der Waals surface area contributed by atoms with Gasteiger partial charge in [0, 0.05) is 5.54 Å². The van der Waals surface area contributed by atoms with Crippen molar-refractivity contribution in [2.24, 2.45) is 0 Å². The first-order chi connectivity index (χ1) is 7.71. The summed E-state index contributed by atoms with van der Waals surface area (Å²) in [5, 5.41) is 29.8. The maximum Gasteiger partial charge on any atom is 0.318 e. The summed E-state index contributed by atoms with van der Waals surface area (Å²) >= 11 is 0. The zero-order valence-corrected chi connectivity index (χ0v) is 9.88. The number of carboxylic acids is 1. The molecule has 0 aromatic heterocycles. The van der Waals surface area contributed by atoms with Gasteiger partial charge >= 0.3 is 12.0 Å². The molecule has 4 N–H and O–H groups in total. The zero-order chi connectivity index (χ0) is 13.2. The quantitative estimate of drug-likeness (QED) is 0.510. The number of rotatable bonds is 3. The molecule has 2 amide bonds. The van der Waals surface area contributed by atoms with Gasteiger partial charge in [-0.15, -0.1) is 0 Å². The molecule has 1 heterocycles. The number of carbonyl (C=O) groups is 2. The van der Waals surface area contributed by atoms with Gasteiger partial charge in [-0.25, -0.2) is 4.79 Å². The van der Waals surface area contributed by atoms with E-state index >= 15 is 0 Å². The second kappa shape index (κ2) is 4.89. The minimum atomic E-state index is -1.00. The molecular formula is C10H18N2O5. The number of hydrogen-bond acceptors (Lipinski definition) is 4. The number of hydrogen-bond donors (Lipinski definition) is 4. The molecular weight excluding hydrogens is 228 g/mol. The zero-order valence-electron chi connectivity index (χ0n) is 9.88. The molecule has 0 aromatic carbocycles. The van der Waals surface area contributed by atoms with Gasteiger partial charge in [0.2, 0.25) is 0 Å². The van der Waals surface area contributed by atoms with Crippen molar-refractivity contribution in [2.45, 2.75) is 38.0 Å². The third kappa shape index (κ3) is 3.86. The molecule has 7 nitrogen and oxygen atoms in total. The fourth-order valence-electron chi connectivity index (χ4n) is 1.73. The standard InChI is InChI=1S/C10H18N2O5/c1-10(2,3-8(15)16)11-9(17)12-4-6(13)7(14)5-12/h6-7,13-14H,3-5H2,1-2H3,(H,11,17)(H,15,16). The van der Waals surface area contributed by atoms with Crippen molar-refractivity contribution in [2.75, 3.05) is 13.1 Å². The van der Waals surface area contributed by atoms with Gasteiger partial charge in [0.25, 0.3) is 0 Å². The highest BCUT2D eigenvalue weighted by Gasteiger charge is 2.34. The summed E-state index contributed by atoms with van der Waals surface area (Å²) < 4.78 is 0. The Hall–Kier alpha value is -1.34. The molecule has 0 spiro atoms. The van der Waals surface area contributed by atoms with E-state index in [9.17, 15) is 19.8 Å². The number of likely N-dealkylation sites (tertiary alicyclic amines) is 1. The number of β-amino-alcohol motifs (C(OH)–C–C–N with tert-alkyl or cyclic N) is 2. The first-order valence-electron chi connectivity index (χ1n) is 5.36. The van der Waals surface area contributed by atoms with Crippen LogP contribution in [0.3, 0.4) is 0 Å². The summed E-state index contributed by atoms with van der Waals surface area (Å²) in [6.07, 6.45) is -2.08. The summed E-state index contributed by atoms with van der Waals surface area (Å²) in [6.45, 7) is 3.30. The normalized spacial score (nSPS) is 24.8. The van der Waals surface area contributed by atoms with Crippen molar-refractivity contribution in [3.63, 3.8) is 0 Å². The van der Waals surface area contributed by atoms with Crippen LogP contribution in [0.15, 0.2) is 0 Å². The van der Waals surface area contributed by atoms with E-state index < -0.39 is 29.7 Å². The van der Waals surface area contributed by atoms with Crippen LogP contribution < -0.4 is 5.32 Å². The largest absolute Gasteiger partial charge is 0.481 e. The highest BCUT2D eigenvalue weighted by molar-refractivity contribution is 5.77. The molecule has 2 atom stereocenters. The Kier molecular flexibility index (Phi) is 3.94. The van der Waals surface area contributed by atoms with E-state index in [1.807, 2.05) is 0 Å². The molecule has 1 saturated heterocycles. The first kappa shape index (κ1) is 13.7. The third-order valence-electron chi connectivity index (χ3n) is 2.58. The number of aliphatic hydroxyl groups is 2. The molecule has 1 aliphatic rings. The Bertz CT molecular complexity index is 308. The molecule has 2 unspecified atom stereocenters. The Morgan fingerprint density at radius 3 is 2.18 bits per heavy atom. The lowest BCUT2D eigenvalue weighted by atomic mass is 10.0. The number of aliphatic hydroxyl groups excluding tert-OH is 2. The van der Waals surface area contributed by atoms with Gasteiger partial charge in [-0.05, 0) is 13.8 Å². The Balaban J connectivity index is 2.52. The SMILES string of the molecule is CC(C)(CC(=O)O)NC(=O)N1CC(O)C(O)C1. The minimum Gasteiger partial charge on any atom is -0.481 e. The maximum atomic E-state index is 11.7. The van der Waals surface area contributed by atoms with Crippen LogP contribution in [-0.2, 0) is 4.79 Å². The van der Waals surface area contributed by atoms with Crippen molar-refractivity contribution in [3.8, 4) is 0 Å². The number of nitrogens with zero attached hydrogens (tertiary/aromatic N) is 1.